The van der Waals surface area contributed by atoms with Gasteiger partial charge in [-0.05, 0) is 24.1 Å². The fourth-order valence-electron chi connectivity index (χ4n) is 1.95. The van der Waals surface area contributed by atoms with E-state index < -0.39 is 0 Å². The monoisotopic (exact) mass is 246 g/mol. The summed E-state index contributed by atoms with van der Waals surface area (Å²) >= 11 is 0. The van der Waals surface area contributed by atoms with E-state index in [-0.39, 0.29) is 24.5 Å². The molecule has 0 bridgehead atoms. The lowest BCUT2D eigenvalue weighted by Crippen LogP contribution is -2.41. The first-order chi connectivity index (χ1) is 8.63. The van der Waals surface area contributed by atoms with Crippen LogP contribution < -0.4 is 5.32 Å². The predicted molar refractivity (Wildman–Crippen MR) is 71.5 cm³/mol. The molecule has 0 saturated heterocycles. The van der Waals surface area contributed by atoms with Crippen molar-refractivity contribution in [3.63, 3.8) is 0 Å². The van der Waals surface area contributed by atoms with Crippen LogP contribution in [0, 0.1) is 5.92 Å². The summed E-state index contributed by atoms with van der Waals surface area (Å²) in [7, 11) is 0. The molecule has 1 unspecified atom stereocenters. The Bertz CT molecular complexity index is 545. The van der Waals surface area contributed by atoms with Gasteiger partial charge in [0.25, 0.3) is 5.91 Å². The van der Waals surface area contributed by atoms with Gasteiger partial charge in [-0.2, -0.15) is 0 Å². The van der Waals surface area contributed by atoms with Crippen molar-refractivity contribution < 1.29 is 9.90 Å². The van der Waals surface area contributed by atoms with Gasteiger partial charge in [-0.1, -0.05) is 19.9 Å². The van der Waals surface area contributed by atoms with Gasteiger partial charge in [-0.3, -0.25) is 4.79 Å². The molecule has 3 N–H and O–H groups in total. The maximum absolute atomic E-state index is 12.2. The van der Waals surface area contributed by atoms with Gasteiger partial charge in [0, 0.05) is 22.7 Å². The molecule has 1 aromatic heterocycles. The van der Waals surface area contributed by atoms with E-state index in [4.69, 9.17) is 0 Å². The fraction of sp³-hybridized carbons (Fsp3) is 0.357. The van der Waals surface area contributed by atoms with E-state index in [0.29, 0.717) is 5.56 Å². The van der Waals surface area contributed by atoms with Crippen molar-refractivity contribution >= 4 is 16.8 Å². The Morgan fingerprint density at radius 2 is 2.17 bits per heavy atom. The summed E-state index contributed by atoms with van der Waals surface area (Å²) in [5, 5.41) is 13.0. The SMILES string of the molecule is CC(C)C(CO)NC(=O)c1cccc2[nH]ccc12. The number of hydrogen-bond donors (Lipinski definition) is 3. The number of amides is 1. The third-order valence-electron chi connectivity index (χ3n) is 3.16. The molecule has 0 aliphatic heterocycles. The van der Waals surface area contributed by atoms with Gasteiger partial charge >= 0.3 is 0 Å². The van der Waals surface area contributed by atoms with Gasteiger partial charge < -0.3 is 15.4 Å². The number of aromatic nitrogens is 1. The highest BCUT2D eigenvalue weighted by Crippen LogP contribution is 2.17. The first-order valence-corrected chi connectivity index (χ1v) is 6.11. The highest BCUT2D eigenvalue weighted by atomic mass is 16.3. The lowest BCUT2D eigenvalue weighted by atomic mass is 10.0. The highest BCUT2D eigenvalue weighted by molar-refractivity contribution is 6.06. The minimum atomic E-state index is -0.216. The van der Waals surface area contributed by atoms with Crippen molar-refractivity contribution in [2.24, 2.45) is 5.92 Å². The maximum Gasteiger partial charge on any atom is 0.252 e. The van der Waals surface area contributed by atoms with Gasteiger partial charge in [-0.25, -0.2) is 0 Å². The first-order valence-electron chi connectivity index (χ1n) is 6.11. The van der Waals surface area contributed by atoms with E-state index in [9.17, 15) is 9.90 Å². The number of aliphatic hydroxyl groups is 1. The molecule has 18 heavy (non-hydrogen) atoms. The number of rotatable bonds is 4. The van der Waals surface area contributed by atoms with Gasteiger partial charge in [0.1, 0.15) is 0 Å². The standard InChI is InChI=1S/C14H18N2O2/c1-9(2)13(8-17)16-14(18)11-4-3-5-12-10(11)6-7-15-12/h3-7,9,13,15,17H,8H2,1-2H3,(H,16,18). The fourth-order valence-corrected chi connectivity index (χ4v) is 1.95. The zero-order valence-electron chi connectivity index (χ0n) is 10.6. The van der Waals surface area contributed by atoms with Crippen LogP contribution in [0.5, 0.6) is 0 Å². The van der Waals surface area contributed by atoms with Crippen molar-refractivity contribution in [1.82, 2.24) is 10.3 Å². The van der Waals surface area contributed by atoms with E-state index in [1.807, 2.05) is 38.2 Å². The van der Waals surface area contributed by atoms with Gasteiger partial charge in [0.2, 0.25) is 0 Å². The Morgan fingerprint density at radius 1 is 1.39 bits per heavy atom. The van der Waals surface area contributed by atoms with Crippen LogP contribution in [0.25, 0.3) is 10.9 Å². The van der Waals surface area contributed by atoms with E-state index >= 15 is 0 Å². The van der Waals surface area contributed by atoms with Crippen LogP contribution in [-0.2, 0) is 0 Å². The number of aromatic amines is 1. The summed E-state index contributed by atoms with van der Waals surface area (Å²) < 4.78 is 0. The maximum atomic E-state index is 12.2. The minimum Gasteiger partial charge on any atom is -0.394 e. The average Bonchev–Trinajstić information content (AvgIpc) is 2.82. The molecule has 0 aliphatic rings. The van der Waals surface area contributed by atoms with Crippen LogP contribution in [0.15, 0.2) is 30.5 Å². The molecule has 96 valence electrons. The van der Waals surface area contributed by atoms with Crippen LogP contribution >= 0.6 is 0 Å². The predicted octanol–water partition coefficient (Wildman–Crippen LogP) is 1.91. The number of H-pyrrole nitrogens is 1. The van der Waals surface area contributed by atoms with E-state index in [1.165, 1.54) is 0 Å². The largest absolute Gasteiger partial charge is 0.394 e. The lowest BCUT2D eigenvalue weighted by Gasteiger charge is -2.20. The topological polar surface area (TPSA) is 65.1 Å². The number of carbonyl (C=O) groups is 1. The van der Waals surface area contributed by atoms with E-state index in [2.05, 4.69) is 10.3 Å². The number of hydrogen-bond acceptors (Lipinski definition) is 2. The van der Waals surface area contributed by atoms with Crippen LogP contribution in [0.4, 0.5) is 0 Å². The number of fused-ring (bicyclic) bond motifs is 1. The molecule has 0 aliphatic carbocycles. The van der Waals surface area contributed by atoms with Gasteiger partial charge in [-0.15, -0.1) is 0 Å². The average molecular weight is 246 g/mol. The Morgan fingerprint density at radius 3 is 2.83 bits per heavy atom. The third-order valence-corrected chi connectivity index (χ3v) is 3.16. The second-order valence-corrected chi connectivity index (χ2v) is 4.75. The van der Waals surface area contributed by atoms with Gasteiger partial charge in [0.05, 0.1) is 12.6 Å². The van der Waals surface area contributed by atoms with Crippen LogP contribution in [0.1, 0.15) is 24.2 Å². The van der Waals surface area contributed by atoms with Crippen LogP contribution in [0.2, 0.25) is 0 Å². The Labute approximate surface area is 106 Å². The third kappa shape index (κ3) is 2.38. The molecule has 2 rings (SSSR count). The molecule has 2 aromatic rings. The Balaban J connectivity index is 2.26. The normalized spacial score (nSPS) is 12.9. The lowest BCUT2D eigenvalue weighted by molar-refractivity contribution is 0.0898. The highest BCUT2D eigenvalue weighted by Gasteiger charge is 2.17. The number of nitrogens with one attached hydrogen (secondary N) is 2. The van der Waals surface area contributed by atoms with Crippen molar-refractivity contribution in [3.05, 3.63) is 36.0 Å². The molecule has 0 saturated carbocycles. The zero-order chi connectivity index (χ0) is 13.1. The van der Waals surface area contributed by atoms with Crippen molar-refractivity contribution in [2.75, 3.05) is 6.61 Å². The molecule has 1 atom stereocenters. The minimum absolute atomic E-state index is 0.0491. The second kappa shape index (κ2) is 5.23. The summed E-state index contributed by atoms with van der Waals surface area (Å²) in [5.74, 6) is 0.0531. The zero-order valence-corrected chi connectivity index (χ0v) is 10.6. The summed E-state index contributed by atoms with van der Waals surface area (Å²) in [4.78, 5) is 15.3. The smallest absolute Gasteiger partial charge is 0.252 e. The molecule has 4 heteroatoms. The molecule has 4 nitrogen and oxygen atoms in total. The summed E-state index contributed by atoms with van der Waals surface area (Å²) in [6.07, 6.45) is 1.81. The number of aliphatic hydroxyl groups excluding tert-OH is 1. The quantitative estimate of drug-likeness (QED) is 0.771. The molecular formula is C14H18N2O2. The summed E-state index contributed by atoms with van der Waals surface area (Å²) in [6, 6.07) is 7.23. The molecule has 1 heterocycles. The van der Waals surface area contributed by atoms with Crippen molar-refractivity contribution in [1.29, 1.82) is 0 Å². The van der Waals surface area contributed by atoms with E-state index in [1.54, 1.807) is 6.07 Å². The molecule has 1 aromatic carbocycles. The molecule has 0 fully saturated rings. The Kier molecular flexibility index (Phi) is 3.67. The van der Waals surface area contributed by atoms with Crippen molar-refractivity contribution in [2.45, 2.75) is 19.9 Å². The van der Waals surface area contributed by atoms with Crippen molar-refractivity contribution in [3.8, 4) is 0 Å². The second-order valence-electron chi connectivity index (χ2n) is 4.75. The molecule has 0 radical (unpaired) electrons. The van der Waals surface area contributed by atoms with Crippen LogP contribution in [-0.4, -0.2) is 28.6 Å². The molecular weight excluding hydrogens is 228 g/mol. The number of carbonyl (C=O) groups excluding carboxylic acids is 1. The van der Waals surface area contributed by atoms with E-state index in [0.717, 1.165) is 10.9 Å². The number of benzene rings is 1. The van der Waals surface area contributed by atoms with Crippen LogP contribution in [0.3, 0.4) is 0 Å². The summed E-state index contributed by atoms with van der Waals surface area (Å²) in [5.41, 5.74) is 1.57. The first kappa shape index (κ1) is 12.6. The molecule has 0 spiro atoms. The Hall–Kier alpha value is -1.81. The van der Waals surface area contributed by atoms with Gasteiger partial charge in [0.15, 0.2) is 0 Å². The summed E-state index contributed by atoms with van der Waals surface area (Å²) in [6.45, 7) is 3.89. The molecule has 1 amide bonds.